The highest BCUT2D eigenvalue weighted by molar-refractivity contribution is 5.61. The molecule has 0 atom stereocenters. The van der Waals surface area contributed by atoms with E-state index in [1.807, 2.05) is 48.5 Å². The predicted molar refractivity (Wildman–Crippen MR) is 105 cm³/mol. The molecule has 3 rings (SSSR count). The lowest BCUT2D eigenvalue weighted by Gasteiger charge is -2.12. The van der Waals surface area contributed by atoms with Crippen LogP contribution >= 0.6 is 0 Å². The van der Waals surface area contributed by atoms with Gasteiger partial charge in [-0.15, -0.1) is 0 Å². The Morgan fingerprint density at radius 1 is 0.962 bits per heavy atom. The van der Waals surface area contributed by atoms with E-state index >= 15 is 0 Å². The highest BCUT2D eigenvalue weighted by atomic mass is 16.3. The minimum Gasteiger partial charge on any atom is -0.467 e. The smallest absolute Gasteiger partial charge is 0.163 e. The van der Waals surface area contributed by atoms with Crippen molar-refractivity contribution in [3.05, 3.63) is 60.6 Å². The molecule has 6 heteroatoms. The van der Waals surface area contributed by atoms with Crippen LogP contribution < -0.4 is 10.6 Å². The maximum absolute atomic E-state index is 5.38. The SMILES string of the molecule is CN(C)CCCNc1cc(NCc2ccco2)nc(-c2ccccc2)n1. The topological polar surface area (TPSA) is 66.2 Å². The van der Waals surface area contributed by atoms with Crippen LogP contribution in [0.2, 0.25) is 0 Å². The molecule has 0 unspecified atom stereocenters. The molecule has 2 heterocycles. The quantitative estimate of drug-likeness (QED) is 0.573. The average molecular weight is 351 g/mol. The number of rotatable bonds is 9. The van der Waals surface area contributed by atoms with Gasteiger partial charge in [-0.3, -0.25) is 0 Å². The van der Waals surface area contributed by atoms with E-state index in [4.69, 9.17) is 4.42 Å². The van der Waals surface area contributed by atoms with Gasteiger partial charge in [0.1, 0.15) is 17.4 Å². The van der Waals surface area contributed by atoms with Crippen LogP contribution in [0.15, 0.2) is 59.2 Å². The molecule has 6 nitrogen and oxygen atoms in total. The highest BCUT2D eigenvalue weighted by Gasteiger charge is 2.07. The van der Waals surface area contributed by atoms with E-state index in [0.29, 0.717) is 12.4 Å². The number of anilines is 2. The van der Waals surface area contributed by atoms with E-state index in [9.17, 15) is 0 Å². The summed E-state index contributed by atoms with van der Waals surface area (Å²) in [4.78, 5) is 11.5. The molecule has 2 N–H and O–H groups in total. The van der Waals surface area contributed by atoms with Gasteiger partial charge in [0.05, 0.1) is 12.8 Å². The summed E-state index contributed by atoms with van der Waals surface area (Å²) in [6.45, 7) is 2.48. The van der Waals surface area contributed by atoms with Gasteiger partial charge in [0, 0.05) is 18.2 Å². The maximum Gasteiger partial charge on any atom is 0.163 e. The van der Waals surface area contributed by atoms with Crippen LogP contribution in [0.3, 0.4) is 0 Å². The molecule has 2 aromatic heterocycles. The molecule has 0 spiro atoms. The van der Waals surface area contributed by atoms with Crippen molar-refractivity contribution < 1.29 is 4.42 Å². The van der Waals surface area contributed by atoms with Gasteiger partial charge < -0.3 is 20.0 Å². The number of aromatic nitrogens is 2. The zero-order valence-electron chi connectivity index (χ0n) is 15.3. The Kier molecular flexibility index (Phi) is 6.22. The van der Waals surface area contributed by atoms with Crippen molar-refractivity contribution in [2.75, 3.05) is 37.8 Å². The molecular formula is C20H25N5O. The fourth-order valence-corrected chi connectivity index (χ4v) is 2.55. The fraction of sp³-hybridized carbons (Fsp3) is 0.300. The van der Waals surface area contributed by atoms with Crippen LogP contribution in [0.5, 0.6) is 0 Å². The van der Waals surface area contributed by atoms with E-state index in [1.54, 1.807) is 6.26 Å². The van der Waals surface area contributed by atoms with Crippen LogP contribution in [0.25, 0.3) is 11.4 Å². The molecule has 0 aliphatic rings. The largest absolute Gasteiger partial charge is 0.467 e. The van der Waals surface area contributed by atoms with Gasteiger partial charge in [-0.1, -0.05) is 30.3 Å². The van der Waals surface area contributed by atoms with E-state index in [1.165, 1.54) is 0 Å². The second-order valence-electron chi connectivity index (χ2n) is 6.34. The molecule has 136 valence electrons. The summed E-state index contributed by atoms with van der Waals surface area (Å²) in [5, 5.41) is 6.72. The third kappa shape index (κ3) is 5.32. The molecule has 0 radical (unpaired) electrons. The summed E-state index contributed by atoms with van der Waals surface area (Å²) in [7, 11) is 4.16. The van der Waals surface area contributed by atoms with Gasteiger partial charge in [0.25, 0.3) is 0 Å². The van der Waals surface area contributed by atoms with Crippen molar-refractivity contribution in [2.45, 2.75) is 13.0 Å². The summed E-state index contributed by atoms with van der Waals surface area (Å²) in [6, 6.07) is 15.8. The van der Waals surface area contributed by atoms with E-state index in [0.717, 1.165) is 42.5 Å². The van der Waals surface area contributed by atoms with Crippen LogP contribution in [-0.2, 0) is 6.54 Å². The Bertz CT molecular complexity index is 787. The number of hydrogen-bond donors (Lipinski definition) is 2. The number of benzene rings is 1. The van der Waals surface area contributed by atoms with Crippen molar-refractivity contribution in [3.8, 4) is 11.4 Å². The fourth-order valence-electron chi connectivity index (χ4n) is 2.55. The molecule has 0 bridgehead atoms. The maximum atomic E-state index is 5.38. The lowest BCUT2D eigenvalue weighted by Crippen LogP contribution is -2.17. The van der Waals surface area contributed by atoms with Crippen LogP contribution in [0, 0.1) is 0 Å². The predicted octanol–water partition coefficient (Wildman–Crippen LogP) is 3.71. The van der Waals surface area contributed by atoms with Crippen molar-refractivity contribution in [2.24, 2.45) is 0 Å². The van der Waals surface area contributed by atoms with Crippen molar-refractivity contribution in [1.29, 1.82) is 0 Å². The lowest BCUT2D eigenvalue weighted by molar-refractivity contribution is 0.405. The normalized spacial score (nSPS) is 10.9. The minimum absolute atomic E-state index is 0.582. The standard InChI is InChI=1S/C20H25N5O/c1-25(2)12-7-11-21-18-14-19(22-15-17-10-6-13-26-17)24-20(23-18)16-8-4-3-5-9-16/h3-6,8-10,13-14H,7,11-12,15H2,1-2H3,(H2,21,22,23,24). The van der Waals surface area contributed by atoms with Crippen LogP contribution in [-0.4, -0.2) is 42.1 Å². The summed E-state index contributed by atoms with van der Waals surface area (Å²) < 4.78 is 5.38. The zero-order valence-corrected chi connectivity index (χ0v) is 15.3. The second kappa shape index (κ2) is 9.01. The second-order valence-corrected chi connectivity index (χ2v) is 6.34. The van der Waals surface area contributed by atoms with Crippen molar-refractivity contribution >= 4 is 11.6 Å². The highest BCUT2D eigenvalue weighted by Crippen LogP contribution is 2.20. The van der Waals surface area contributed by atoms with Crippen molar-refractivity contribution in [3.63, 3.8) is 0 Å². The summed E-state index contributed by atoms with van der Waals surface area (Å²) >= 11 is 0. The first-order chi connectivity index (χ1) is 12.7. The van der Waals surface area contributed by atoms with E-state index in [-0.39, 0.29) is 0 Å². The molecule has 0 aliphatic heterocycles. The molecule has 3 aromatic rings. The Hall–Kier alpha value is -2.86. The third-order valence-electron chi connectivity index (χ3n) is 3.87. The Labute approximate surface area is 154 Å². The van der Waals surface area contributed by atoms with Crippen molar-refractivity contribution in [1.82, 2.24) is 14.9 Å². The molecule has 0 saturated carbocycles. The van der Waals surface area contributed by atoms with Crippen LogP contribution in [0.1, 0.15) is 12.2 Å². The Balaban J connectivity index is 1.75. The van der Waals surface area contributed by atoms with Crippen LogP contribution in [0.4, 0.5) is 11.6 Å². The van der Waals surface area contributed by atoms with Gasteiger partial charge >= 0.3 is 0 Å². The van der Waals surface area contributed by atoms with Gasteiger partial charge in [-0.2, -0.15) is 0 Å². The molecule has 0 aliphatic carbocycles. The monoisotopic (exact) mass is 351 g/mol. The Morgan fingerprint density at radius 2 is 1.73 bits per heavy atom. The molecule has 26 heavy (non-hydrogen) atoms. The molecule has 1 aromatic carbocycles. The van der Waals surface area contributed by atoms with E-state index in [2.05, 4.69) is 39.6 Å². The van der Waals surface area contributed by atoms with Gasteiger partial charge in [-0.05, 0) is 39.2 Å². The van der Waals surface area contributed by atoms with Gasteiger partial charge in [0.2, 0.25) is 0 Å². The molecule has 0 saturated heterocycles. The first-order valence-electron chi connectivity index (χ1n) is 8.80. The van der Waals surface area contributed by atoms with Gasteiger partial charge in [0.15, 0.2) is 5.82 Å². The number of hydrogen-bond acceptors (Lipinski definition) is 6. The Morgan fingerprint density at radius 3 is 2.42 bits per heavy atom. The zero-order chi connectivity index (χ0) is 18.2. The molecular weight excluding hydrogens is 326 g/mol. The summed E-state index contributed by atoms with van der Waals surface area (Å²) in [5.74, 6) is 3.15. The number of furan rings is 1. The molecule has 0 fully saturated rings. The third-order valence-corrected chi connectivity index (χ3v) is 3.87. The van der Waals surface area contributed by atoms with Gasteiger partial charge in [-0.25, -0.2) is 9.97 Å². The molecule has 0 amide bonds. The number of nitrogens with one attached hydrogen (secondary N) is 2. The average Bonchev–Trinajstić information content (AvgIpc) is 3.18. The van der Waals surface area contributed by atoms with E-state index < -0.39 is 0 Å². The summed E-state index contributed by atoms with van der Waals surface area (Å²) in [5.41, 5.74) is 0.991. The lowest BCUT2D eigenvalue weighted by atomic mass is 10.2. The summed E-state index contributed by atoms with van der Waals surface area (Å²) in [6.07, 6.45) is 2.72. The first-order valence-corrected chi connectivity index (χ1v) is 8.80. The minimum atomic E-state index is 0.582. The first kappa shape index (κ1) is 17.9. The number of nitrogens with zero attached hydrogens (tertiary/aromatic N) is 3.